The first kappa shape index (κ1) is 38.8. The Bertz CT molecular complexity index is 1330. The maximum atomic E-state index is 13.3. The molecule has 1 amide bonds. The number of rotatable bonds is 24. The predicted octanol–water partition coefficient (Wildman–Crippen LogP) is 5.59. The number of hydrogen-bond acceptors (Lipinski definition) is 7. The van der Waals surface area contributed by atoms with Crippen LogP contribution in [-0.4, -0.2) is 66.7 Å². The molecule has 0 fully saturated rings. The highest BCUT2D eigenvalue weighted by Gasteiger charge is 2.49. The van der Waals surface area contributed by atoms with E-state index in [1.807, 2.05) is 6.07 Å². The van der Waals surface area contributed by atoms with Gasteiger partial charge in [-0.1, -0.05) is 87.9 Å². The van der Waals surface area contributed by atoms with E-state index >= 15 is 0 Å². The lowest BCUT2D eigenvalue weighted by atomic mass is 9.82. The molecular weight excluding hydrogens is 604 g/mol. The number of allylic oxidation sites excluding steroid dienone is 1. The first-order valence-electron chi connectivity index (χ1n) is 16.4. The van der Waals surface area contributed by atoms with Crippen molar-refractivity contribution in [3.63, 3.8) is 0 Å². The minimum atomic E-state index is -3.02. The zero-order valence-corrected chi connectivity index (χ0v) is 27.1. The molecule has 0 radical (unpaired) electrons. The Morgan fingerprint density at radius 1 is 0.851 bits per heavy atom. The van der Waals surface area contributed by atoms with Crippen LogP contribution in [0.4, 0.5) is 0 Å². The largest absolute Gasteiger partial charge is 0.481 e. The number of ketones is 1. The lowest BCUT2D eigenvalue weighted by molar-refractivity contribution is -0.172. The number of carboxylic acid groups (broad SMARTS) is 3. The Morgan fingerprint density at radius 2 is 1.49 bits per heavy atom. The lowest BCUT2D eigenvalue weighted by Crippen LogP contribution is -2.55. The molecule has 1 heterocycles. The average Bonchev–Trinajstić information content (AvgIpc) is 3.03. The molecule has 0 spiro atoms. The van der Waals surface area contributed by atoms with Gasteiger partial charge in [-0.2, -0.15) is 0 Å². The Hall–Kier alpha value is -4.38. The summed E-state index contributed by atoms with van der Waals surface area (Å²) in [7, 11) is 0. The molecule has 256 valence electrons. The minimum absolute atomic E-state index is 0.142. The Balaban J connectivity index is 2.01. The SMILES string of the molecule is CCCCCCCC(=O)CCCCCC/C=C/[C@H](C(=O)N[C@@H](Cc1ccc(-c2cccnc2)cc1)C(=O)O)C(O)(CC(=O)O)C(=O)O. The highest BCUT2D eigenvalue weighted by atomic mass is 16.4. The van der Waals surface area contributed by atoms with Gasteiger partial charge in [-0.15, -0.1) is 0 Å². The van der Waals surface area contributed by atoms with E-state index in [2.05, 4.69) is 17.2 Å². The molecule has 0 aliphatic carbocycles. The van der Waals surface area contributed by atoms with Crippen molar-refractivity contribution in [3.05, 3.63) is 66.5 Å². The van der Waals surface area contributed by atoms with E-state index in [4.69, 9.17) is 0 Å². The molecule has 1 aromatic carbocycles. The number of Topliss-reactive ketones (excluding diaryl/α,β-unsaturated/α-hetero) is 1. The summed E-state index contributed by atoms with van der Waals surface area (Å²) in [6.45, 7) is 2.15. The van der Waals surface area contributed by atoms with Crippen molar-refractivity contribution in [2.24, 2.45) is 5.92 Å². The van der Waals surface area contributed by atoms with Crippen molar-refractivity contribution in [1.29, 1.82) is 0 Å². The van der Waals surface area contributed by atoms with Gasteiger partial charge in [-0.25, -0.2) is 9.59 Å². The standard InChI is InChI=1S/C36H48N2O9/c1-2-3-4-7-10-15-29(39)16-11-8-5-6-9-12-17-30(36(47,35(45)46)24-32(40)41)33(42)38-31(34(43)44)23-26-18-20-27(21-19-26)28-14-13-22-37-25-28/h12-14,17-22,25,30-31,47H,2-11,15-16,23-24H2,1H3,(H,38,42)(H,40,41)(H,43,44)(H,45,46)/b17-12+/t30-,31+,36?/m1/s1. The summed E-state index contributed by atoms with van der Waals surface area (Å²) < 4.78 is 0. The maximum absolute atomic E-state index is 13.3. The first-order valence-corrected chi connectivity index (χ1v) is 16.4. The third-order valence-corrected chi connectivity index (χ3v) is 8.06. The van der Waals surface area contributed by atoms with Crippen LogP contribution in [0.15, 0.2) is 60.9 Å². The van der Waals surface area contributed by atoms with E-state index in [-0.39, 0.29) is 12.2 Å². The third-order valence-electron chi connectivity index (χ3n) is 8.06. The molecule has 2 aromatic rings. The Labute approximate surface area is 276 Å². The number of benzene rings is 1. The normalized spacial score (nSPS) is 13.8. The highest BCUT2D eigenvalue weighted by molar-refractivity contribution is 5.94. The number of aliphatic carboxylic acids is 3. The fraction of sp³-hybridized carbons (Fsp3) is 0.500. The van der Waals surface area contributed by atoms with Crippen molar-refractivity contribution in [2.75, 3.05) is 0 Å². The van der Waals surface area contributed by atoms with Crippen LogP contribution in [-0.2, 0) is 30.4 Å². The molecule has 0 saturated carbocycles. The summed E-state index contributed by atoms with van der Waals surface area (Å²) in [6.07, 6.45) is 14.6. The second kappa shape index (κ2) is 20.7. The molecule has 11 heteroatoms. The number of amides is 1. The van der Waals surface area contributed by atoms with E-state index in [1.54, 1.807) is 42.7 Å². The molecule has 0 bridgehead atoms. The summed E-state index contributed by atoms with van der Waals surface area (Å²) in [5.41, 5.74) is -0.728. The quantitative estimate of drug-likeness (QED) is 0.0705. The first-order chi connectivity index (χ1) is 22.5. The number of carbonyl (C=O) groups excluding carboxylic acids is 2. The topological polar surface area (TPSA) is 191 Å². The summed E-state index contributed by atoms with van der Waals surface area (Å²) in [5.74, 6) is -7.67. The molecule has 1 aromatic heterocycles. The fourth-order valence-electron chi connectivity index (χ4n) is 5.30. The van der Waals surface area contributed by atoms with Gasteiger partial charge in [0.15, 0.2) is 5.60 Å². The minimum Gasteiger partial charge on any atom is -0.481 e. The van der Waals surface area contributed by atoms with Gasteiger partial charge in [0.2, 0.25) is 5.91 Å². The third kappa shape index (κ3) is 13.9. The Morgan fingerprint density at radius 3 is 2.04 bits per heavy atom. The van der Waals surface area contributed by atoms with E-state index in [0.29, 0.717) is 31.2 Å². The van der Waals surface area contributed by atoms with Crippen LogP contribution >= 0.6 is 0 Å². The van der Waals surface area contributed by atoms with Crippen LogP contribution in [0.1, 0.15) is 96.0 Å². The van der Waals surface area contributed by atoms with E-state index in [9.17, 15) is 44.4 Å². The van der Waals surface area contributed by atoms with Gasteiger partial charge in [-0.05, 0) is 48.4 Å². The van der Waals surface area contributed by atoms with Gasteiger partial charge < -0.3 is 25.7 Å². The fourth-order valence-corrected chi connectivity index (χ4v) is 5.30. The Kier molecular flexibility index (Phi) is 17.1. The number of aromatic nitrogens is 1. The van der Waals surface area contributed by atoms with Crippen LogP contribution in [0, 0.1) is 5.92 Å². The van der Waals surface area contributed by atoms with Crippen LogP contribution in [0.3, 0.4) is 0 Å². The molecule has 0 saturated heterocycles. The predicted molar refractivity (Wildman–Crippen MR) is 176 cm³/mol. The van der Waals surface area contributed by atoms with E-state index < -0.39 is 47.8 Å². The zero-order chi connectivity index (χ0) is 34.7. The molecule has 2 rings (SSSR count). The van der Waals surface area contributed by atoms with Gasteiger partial charge in [0.05, 0.1) is 12.3 Å². The van der Waals surface area contributed by atoms with Crippen LogP contribution < -0.4 is 5.32 Å². The summed E-state index contributed by atoms with van der Waals surface area (Å²) in [5, 5.41) is 42.1. The lowest BCUT2D eigenvalue weighted by Gasteiger charge is -2.29. The smallest absolute Gasteiger partial charge is 0.337 e. The van der Waals surface area contributed by atoms with E-state index in [0.717, 1.165) is 62.1 Å². The number of aliphatic hydroxyl groups is 1. The summed E-state index contributed by atoms with van der Waals surface area (Å²) >= 11 is 0. The van der Waals surface area contributed by atoms with Crippen molar-refractivity contribution in [1.82, 2.24) is 10.3 Å². The van der Waals surface area contributed by atoms with Gasteiger partial charge in [0.1, 0.15) is 11.8 Å². The van der Waals surface area contributed by atoms with Crippen LogP contribution in [0.2, 0.25) is 0 Å². The number of unbranched alkanes of at least 4 members (excludes halogenated alkanes) is 8. The van der Waals surface area contributed by atoms with E-state index in [1.165, 1.54) is 12.5 Å². The summed E-state index contributed by atoms with van der Waals surface area (Å²) in [4.78, 5) is 65.1. The molecule has 0 aliphatic rings. The second-order valence-electron chi connectivity index (χ2n) is 11.9. The van der Waals surface area contributed by atoms with Crippen molar-refractivity contribution in [3.8, 4) is 11.1 Å². The second-order valence-corrected chi connectivity index (χ2v) is 11.9. The molecule has 5 N–H and O–H groups in total. The molecule has 11 nitrogen and oxygen atoms in total. The number of carboxylic acids is 3. The number of carbonyl (C=O) groups is 5. The van der Waals surface area contributed by atoms with Gasteiger partial charge in [-0.3, -0.25) is 19.4 Å². The monoisotopic (exact) mass is 652 g/mol. The molecule has 0 aliphatic heterocycles. The van der Waals surface area contributed by atoms with Crippen molar-refractivity contribution in [2.45, 2.75) is 108 Å². The van der Waals surface area contributed by atoms with Crippen LogP contribution in [0.25, 0.3) is 11.1 Å². The molecule has 3 atom stereocenters. The highest BCUT2D eigenvalue weighted by Crippen LogP contribution is 2.26. The van der Waals surface area contributed by atoms with Gasteiger partial charge in [0, 0.05) is 31.7 Å². The summed E-state index contributed by atoms with van der Waals surface area (Å²) in [6, 6.07) is 9.13. The molecular formula is C36H48N2O9. The van der Waals surface area contributed by atoms with Crippen molar-refractivity contribution >= 4 is 29.6 Å². The number of nitrogens with zero attached hydrogens (tertiary/aromatic N) is 1. The number of pyridine rings is 1. The van der Waals surface area contributed by atoms with Gasteiger partial charge >= 0.3 is 17.9 Å². The molecule has 47 heavy (non-hydrogen) atoms. The maximum Gasteiger partial charge on any atom is 0.337 e. The zero-order valence-electron chi connectivity index (χ0n) is 27.1. The van der Waals surface area contributed by atoms with Gasteiger partial charge in [0.25, 0.3) is 0 Å². The number of hydrogen-bond donors (Lipinski definition) is 5. The van der Waals surface area contributed by atoms with Crippen LogP contribution in [0.5, 0.6) is 0 Å². The average molecular weight is 653 g/mol. The van der Waals surface area contributed by atoms with Crippen molar-refractivity contribution < 1.29 is 44.4 Å². The number of nitrogens with one attached hydrogen (secondary N) is 1. The molecule has 1 unspecified atom stereocenters.